The maximum atomic E-state index is 13.3. The number of ether oxygens (including phenoxy) is 2. The molecule has 0 bridgehead atoms. The highest BCUT2D eigenvalue weighted by Gasteiger charge is 2.28. The second-order valence-corrected chi connectivity index (χ2v) is 8.39. The Kier molecular flexibility index (Phi) is 9.89. The Bertz CT molecular complexity index is 1210. The normalized spacial score (nSPS) is 12.2. The van der Waals surface area contributed by atoms with E-state index in [0.717, 1.165) is 22.0 Å². The number of carbonyl (C=O) groups is 3. The van der Waals surface area contributed by atoms with Crippen LogP contribution in [-0.4, -0.2) is 54.7 Å². The number of guanidine groups is 1. The van der Waals surface area contributed by atoms with Crippen LogP contribution in [0.5, 0.6) is 0 Å². The van der Waals surface area contributed by atoms with Crippen LogP contribution in [0.25, 0.3) is 10.9 Å². The van der Waals surface area contributed by atoms with Crippen LogP contribution >= 0.6 is 0 Å². The molecule has 2 unspecified atom stereocenters. The van der Waals surface area contributed by atoms with E-state index in [2.05, 4.69) is 20.9 Å². The van der Waals surface area contributed by atoms with E-state index >= 15 is 0 Å². The zero-order valence-electron chi connectivity index (χ0n) is 20.6. The molecule has 0 saturated carbocycles. The Morgan fingerprint density at radius 3 is 2.49 bits per heavy atom. The molecular formula is C26H32N6O5. The van der Waals surface area contributed by atoms with E-state index in [1.54, 1.807) is 6.20 Å². The molecule has 37 heavy (non-hydrogen) atoms. The van der Waals surface area contributed by atoms with Gasteiger partial charge in [0.25, 0.3) is 0 Å². The number of H-pyrrole nitrogens is 1. The molecule has 7 N–H and O–H groups in total. The van der Waals surface area contributed by atoms with Crippen LogP contribution in [0.2, 0.25) is 0 Å². The number of fused-ring (bicyclic) bond motifs is 1. The van der Waals surface area contributed by atoms with Gasteiger partial charge in [0.1, 0.15) is 18.7 Å². The van der Waals surface area contributed by atoms with Crippen LogP contribution in [0, 0.1) is 5.41 Å². The van der Waals surface area contributed by atoms with Gasteiger partial charge in [-0.15, -0.1) is 0 Å². The molecule has 0 aliphatic carbocycles. The van der Waals surface area contributed by atoms with E-state index in [1.807, 2.05) is 54.6 Å². The van der Waals surface area contributed by atoms with Crippen molar-refractivity contribution in [2.45, 2.75) is 38.0 Å². The number of benzene rings is 2. The summed E-state index contributed by atoms with van der Waals surface area (Å²) in [6.45, 7) is 0.392. The monoisotopic (exact) mass is 508 g/mol. The summed E-state index contributed by atoms with van der Waals surface area (Å²) in [5.74, 6) is -1.36. The van der Waals surface area contributed by atoms with Crippen LogP contribution in [0.1, 0.15) is 24.0 Å². The minimum absolute atomic E-state index is 0.0437. The lowest BCUT2D eigenvalue weighted by molar-refractivity contribution is -0.145. The molecule has 0 fully saturated rings. The Morgan fingerprint density at radius 1 is 1.03 bits per heavy atom. The van der Waals surface area contributed by atoms with E-state index in [4.69, 9.17) is 20.6 Å². The minimum atomic E-state index is -1.02. The average molecular weight is 509 g/mol. The molecule has 2 aromatic carbocycles. The third-order valence-corrected chi connectivity index (χ3v) is 5.71. The van der Waals surface area contributed by atoms with Gasteiger partial charge in [-0.3, -0.25) is 10.2 Å². The highest BCUT2D eigenvalue weighted by Crippen LogP contribution is 2.19. The molecule has 11 nitrogen and oxygen atoms in total. The van der Waals surface area contributed by atoms with Crippen molar-refractivity contribution >= 4 is 34.8 Å². The van der Waals surface area contributed by atoms with E-state index in [1.165, 1.54) is 7.11 Å². The maximum Gasteiger partial charge on any atom is 0.408 e. The quantitative estimate of drug-likeness (QED) is 0.0939. The molecule has 0 radical (unpaired) electrons. The Balaban J connectivity index is 1.72. The third kappa shape index (κ3) is 8.27. The molecule has 3 aromatic rings. The second-order valence-electron chi connectivity index (χ2n) is 8.39. The number of nitrogens with two attached hydrogens (primary N) is 1. The molecule has 1 heterocycles. The number of para-hydroxylation sites is 1. The van der Waals surface area contributed by atoms with Gasteiger partial charge in [-0.2, -0.15) is 0 Å². The molecule has 3 rings (SSSR count). The first-order chi connectivity index (χ1) is 17.9. The molecular weight excluding hydrogens is 476 g/mol. The van der Waals surface area contributed by atoms with Crippen LogP contribution < -0.4 is 21.7 Å². The maximum absolute atomic E-state index is 13.3. The van der Waals surface area contributed by atoms with E-state index < -0.39 is 30.1 Å². The van der Waals surface area contributed by atoms with E-state index in [0.29, 0.717) is 13.0 Å². The molecule has 0 saturated heterocycles. The fourth-order valence-corrected chi connectivity index (χ4v) is 3.83. The summed E-state index contributed by atoms with van der Waals surface area (Å²) >= 11 is 0. The summed E-state index contributed by atoms with van der Waals surface area (Å²) in [4.78, 5) is 41.4. The van der Waals surface area contributed by atoms with Gasteiger partial charge >= 0.3 is 12.1 Å². The predicted molar refractivity (Wildman–Crippen MR) is 139 cm³/mol. The zero-order valence-corrected chi connectivity index (χ0v) is 20.6. The highest BCUT2D eigenvalue weighted by atomic mass is 16.5. The summed E-state index contributed by atoms with van der Waals surface area (Å²) in [5.41, 5.74) is 7.81. The number of alkyl carbamates (subject to hydrolysis) is 1. The number of esters is 1. The number of aromatic nitrogens is 1. The van der Waals surface area contributed by atoms with Crippen molar-refractivity contribution in [1.82, 2.24) is 20.9 Å². The first kappa shape index (κ1) is 27.1. The first-order valence-corrected chi connectivity index (χ1v) is 11.9. The van der Waals surface area contributed by atoms with Crippen molar-refractivity contribution in [2.24, 2.45) is 5.73 Å². The number of hydrogen-bond donors (Lipinski definition) is 6. The molecule has 1 aromatic heterocycles. The first-order valence-electron chi connectivity index (χ1n) is 11.9. The lowest BCUT2D eigenvalue weighted by Gasteiger charge is -2.22. The number of methoxy groups -OCH3 is 1. The number of amides is 2. The van der Waals surface area contributed by atoms with Crippen molar-refractivity contribution in [1.29, 1.82) is 5.41 Å². The Hall–Kier alpha value is -4.54. The van der Waals surface area contributed by atoms with Crippen molar-refractivity contribution in [2.75, 3.05) is 13.7 Å². The van der Waals surface area contributed by atoms with Crippen LogP contribution in [0.15, 0.2) is 60.8 Å². The summed E-state index contributed by atoms with van der Waals surface area (Å²) in [5, 5.41) is 16.1. The molecule has 196 valence electrons. The van der Waals surface area contributed by atoms with E-state index in [-0.39, 0.29) is 25.4 Å². The molecule has 0 spiro atoms. The number of carbonyl (C=O) groups excluding carboxylic acids is 3. The number of hydrogen-bond acceptors (Lipinski definition) is 6. The predicted octanol–water partition coefficient (Wildman–Crippen LogP) is 1.93. The van der Waals surface area contributed by atoms with Gasteiger partial charge in [0.2, 0.25) is 5.91 Å². The van der Waals surface area contributed by atoms with Gasteiger partial charge in [-0.25, -0.2) is 9.59 Å². The number of nitrogens with one attached hydrogen (secondary N) is 5. The lowest BCUT2D eigenvalue weighted by Crippen LogP contribution is -2.52. The summed E-state index contributed by atoms with van der Waals surface area (Å²) < 4.78 is 10.2. The number of aromatic amines is 1. The van der Waals surface area contributed by atoms with Crippen molar-refractivity contribution in [3.8, 4) is 0 Å². The van der Waals surface area contributed by atoms with Gasteiger partial charge < -0.3 is 36.1 Å². The molecule has 2 atom stereocenters. The van der Waals surface area contributed by atoms with Gasteiger partial charge in [0.05, 0.1) is 7.11 Å². The van der Waals surface area contributed by atoms with Crippen LogP contribution in [0.3, 0.4) is 0 Å². The minimum Gasteiger partial charge on any atom is -0.467 e. The average Bonchev–Trinajstić information content (AvgIpc) is 3.31. The fourth-order valence-electron chi connectivity index (χ4n) is 3.83. The van der Waals surface area contributed by atoms with Crippen LogP contribution in [-0.2, 0) is 32.1 Å². The Labute approximate surface area is 214 Å². The fraction of sp³-hybridized carbons (Fsp3) is 0.308. The molecule has 2 amide bonds. The zero-order chi connectivity index (χ0) is 26.6. The largest absolute Gasteiger partial charge is 0.467 e. The van der Waals surface area contributed by atoms with Crippen molar-refractivity contribution in [3.05, 3.63) is 71.9 Å². The van der Waals surface area contributed by atoms with E-state index in [9.17, 15) is 14.4 Å². The summed E-state index contributed by atoms with van der Waals surface area (Å²) in [6.07, 6.45) is 1.88. The second kappa shape index (κ2) is 13.5. The van der Waals surface area contributed by atoms with Gasteiger partial charge in [-0.05, 0) is 30.0 Å². The van der Waals surface area contributed by atoms with Gasteiger partial charge in [-0.1, -0.05) is 48.5 Å². The molecule has 0 aliphatic rings. The number of rotatable bonds is 12. The summed E-state index contributed by atoms with van der Waals surface area (Å²) in [7, 11) is 1.23. The van der Waals surface area contributed by atoms with Gasteiger partial charge in [0, 0.05) is 30.1 Å². The SMILES string of the molecule is COC(=O)C(CCCNC(=N)N)NC(=O)C(Cc1c[nH]c2ccccc12)NC(=O)OCc1ccccc1. The highest BCUT2D eigenvalue weighted by molar-refractivity contribution is 5.91. The summed E-state index contributed by atoms with van der Waals surface area (Å²) in [6, 6.07) is 14.8. The van der Waals surface area contributed by atoms with Crippen LogP contribution in [0.4, 0.5) is 4.79 Å². The molecule has 11 heteroatoms. The van der Waals surface area contributed by atoms with Crippen molar-refractivity contribution < 1.29 is 23.9 Å². The Morgan fingerprint density at radius 2 is 1.76 bits per heavy atom. The third-order valence-electron chi connectivity index (χ3n) is 5.71. The lowest BCUT2D eigenvalue weighted by atomic mass is 10.0. The molecule has 0 aliphatic heterocycles. The smallest absolute Gasteiger partial charge is 0.408 e. The topological polar surface area (TPSA) is 171 Å². The standard InChI is InChI=1S/C26H32N6O5/c1-36-24(34)21(12-7-13-29-25(27)28)31-23(33)22(14-18-15-30-20-11-6-5-10-19(18)20)32-26(35)37-16-17-8-3-2-4-9-17/h2-6,8-11,15,21-22,30H,7,12-14,16H2,1H3,(H,31,33)(H,32,35)(H4,27,28,29). The van der Waals surface area contributed by atoms with Gasteiger partial charge in [0.15, 0.2) is 5.96 Å². The van der Waals surface area contributed by atoms with Crippen molar-refractivity contribution in [3.63, 3.8) is 0 Å².